The lowest BCUT2D eigenvalue weighted by Gasteiger charge is -2.01. The maximum atomic E-state index is 13.1. The lowest BCUT2D eigenvalue weighted by Crippen LogP contribution is -2.22. The number of aromatic nitrogens is 7. The minimum atomic E-state index is -0.356. The Labute approximate surface area is 176 Å². The molecule has 0 amide bonds. The normalized spacial score (nSPS) is 21.0. The Kier molecular flexibility index (Phi) is 4.49. The van der Waals surface area contributed by atoms with Crippen molar-refractivity contribution in [2.45, 2.75) is 26.3 Å². The van der Waals surface area contributed by atoms with Gasteiger partial charge in [-0.3, -0.25) is 14.3 Å². The van der Waals surface area contributed by atoms with Gasteiger partial charge in [-0.2, -0.15) is 4.98 Å². The first-order chi connectivity index (χ1) is 14.9. The maximum Gasteiger partial charge on any atom is 0.280 e. The molecule has 4 aromatic heterocycles. The third kappa shape index (κ3) is 3.43. The van der Waals surface area contributed by atoms with E-state index in [0.29, 0.717) is 28.8 Å². The molecule has 1 aliphatic carbocycles. The largest absolute Gasteiger partial charge is 0.337 e. The molecule has 1 fully saturated rings. The molecule has 1 saturated carbocycles. The lowest BCUT2D eigenvalue weighted by molar-refractivity contribution is 0.364. The van der Waals surface area contributed by atoms with Crippen molar-refractivity contribution < 1.29 is 8.91 Å². The third-order valence-corrected chi connectivity index (χ3v) is 5.81. The summed E-state index contributed by atoms with van der Waals surface area (Å²) in [6, 6.07) is 3.07. The van der Waals surface area contributed by atoms with Crippen molar-refractivity contribution in [1.82, 2.24) is 34.2 Å². The molecule has 1 aliphatic rings. The molecule has 31 heavy (non-hydrogen) atoms. The molecule has 0 spiro atoms. The average molecular weight is 421 g/mol. The SMILES string of the molecule is C/C(=C\[C@@H]1[C@H](C)[C@H]1c1noc(Cn2cnc3ncn(C)c3c2=O)n1)c1ccc(F)cn1. The molecule has 0 saturated heterocycles. The van der Waals surface area contributed by atoms with Crippen LogP contribution in [0, 0.1) is 17.7 Å². The van der Waals surface area contributed by atoms with Crippen LogP contribution < -0.4 is 5.56 Å². The summed E-state index contributed by atoms with van der Waals surface area (Å²) < 4.78 is 21.6. The molecule has 4 heterocycles. The van der Waals surface area contributed by atoms with Crippen molar-refractivity contribution in [3.63, 3.8) is 0 Å². The highest BCUT2D eigenvalue weighted by Gasteiger charge is 2.49. The van der Waals surface area contributed by atoms with Crippen LogP contribution in [-0.4, -0.2) is 34.2 Å². The van der Waals surface area contributed by atoms with Gasteiger partial charge in [0.15, 0.2) is 17.0 Å². The number of imidazole rings is 1. The maximum absolute atomic E-state index is 13.1. The number of fused-ring (bicyclic) bond motifs is 1. The number of halogens is 1. The second-order valence-corrected chi connectivity index (χ2v) is 7.93. The zero-order valence-electron chi connectivity index (χ0n) is 17.2. The van der Waals surface area contributed by atoms with Gasteiger partial charge in [-0.05, 0) is 36.5 Å². The molecule has 5 rings (SSSR count). The fourth-order valence-corrected chi connectivity index (χ4v) is 3.94. The molecule has 158 valence electrons. The molecule has 0 aromatic carbocycles. The molecule has 0 aliphatic heterocycles. The van der Waals surface area contributed by atoms with Crippen molar-refractivity contribution in [2.75, 3.05) is 0 Å². The first-order valence-electron chi connectivity index (χ1n) is 9.91. The summed E-state index contributed by atoms with van der Waals surface area (Å²) in [6.07, 6.45) is 6.33. The molecule has 3 atom stereocenters. The molecule has 10 heteroatoms. The molecule has 0 bridgehead atoms. The third-order valence-electron chi connectivity index (χ3n) is 5.81. The van der Waals surface area contributed by atoms with Crippen LogP contribution in [-0.2, 0) is 13.6 Å². The van der Waals surface area contributed by atoms with E-state index in [2.05, 4.69) is 38.1 Å². The fourth-order valence-electron chi connectivity index (χ4n) is 3.94. The fraction of sp³-hybridized carbons (Fsp3) is 0.333. The second-order valence-electron chi connectivity index (χ2n) is 7.93. The Morgan fingerprint density at radius 2 is 2.06 bits per heavy atom. The van der Waals surface area contributed by atoms with Crippen LogP contribution in [0.4, 0.5) is 4.39 Å². The molecular formula is C21H20FN7O2. The summed E-state index contributed by atoms with van der Waals surface area (Å²) in [6.45, 7) is 4.22. The molecule has 9 nitrogen and oxygen atoms in total. The highest BCUT2D eigenvalue weighted by atomic mass is 19.1. The van der Waals surface area contributed by atoms with E-state index < -0.39 is 0 Å². The monoisotopic (exact) mass is 421 g/mol. The smallest absolute Gasteiger partial charge is 0.280 e. The standard InChI is InChI=1S/C21H20FN7O2/c1-11(15-5-4-13(22)7-23-15)6-14-12(2)17(14)19-26-16(31-27-19)8-29-10-25-20-18(21(29)30)28(3)9-24-20/h4-7,9-10,12,14,17H,8H2,1-3H3/b11-6+/t12-,14+,17+/m0/s1. The van der Waals surface area contributed by atoms with Gasteiger partial charge in [0.25, 0.3) is 5.56 Å². The van der Waals surface area contributed by atoms with Crippen molar-refractivity contribution in [1.29, 1.82) is 0 Å². The minimum Gasteiger partial charge on any atom is -0.337 e. The highest BCUT2D eigenvalue weighted by Crippen LogP contribution is 2.54. The van der Waals surface area contributed by atoms with Gasteiger partial charge in [0.05, 0.1) is 18.2 Å². The number of nitrogens with zero attached hydrogens (tertiary/aromatic N) is 7. The number of aryl methyl sites for hydroxylation is 1. The number of allylic oxidation sites excluding steroid dienone is 2. The van der Waals surface area contributed by atoms with E-state index >= 15 is 0 Å². The number of hydrogen-bond donors (Lipinski definition) is 0. The van der Waals surface area contributed by atoms with Crippen LogP contribution in [0.5, 0.6) is 0 Å². The number of hydrogen-bond acceptors (Lipinski definition) is 7. The molecular weight excluding hydrogens is 401 g/mol. The Hall–Kier alpha value is -3.69. The van der Waals surface area contributed by atoms with Crippen molar-refractivity contribution in [3.8, 4) is 0 Å². The van der Waals surface area contributed by atoms with Gasteiger partial charge in [0.1, 0.15) is 18.7 Å². The molecule has 0 radical (unpaired) electrons. The van der Waals surface area contributed by atoms with Crippen LogP contribution in [0.3, 0.4) is 0 Å². The Morgan fingerprint density at radius 3 is 2.84 bits per heavy atom. The second kappa shape index (κ2) is 7.22. The molecule has 4 aromatic rings. The average Bonchev–Trinajstić information content (AvgIpc) is 3.09. The van der Waals surface area contributed by atoms with E-state index in [9.17, 15) is 9.18 Å². The van der Waals surface area contributed by atoms with Crippen molar-refractivity contribution >= 4 is 16.7 Å². The molecule has 0 N–H and O–H groups in total. The zero-order valence-corrected chi connectivity index (χ0v) is 17.2. The Bertz CT molecular complexity index is 1350. The van der Waals surface area contributed by atoms with Crippen molar-refractivity contribution in [2.24, 2.45) is 18.9 Å². The topological polar surface area (TPSA) is 105 Å². The van der Waals surface area contributed by atoms with Crippen LogP contribution in [0.15, 0.2) is 46.4 Å². The van der Waals surface area contributed by atoms with E-state index in [1.54, 1.807) is 24.0 Å². The minimum absolute atomic E-state index is 0.127. The van der Waals surface area contributed by atoms with E-state index in [0.717, 1.165) is 11.3 Å². The summed E-state index contributed by atoms with van der Waals surface area (Å²) >= 11 is 0. The van der Waals surface area contributed by atoms with Crippen LogP contribution in [0.25, 0.3) is 16.7 Å². The zero-order chi connectivity index (χ0) is 21.7. The number of pyridine rings is 1. The van der Waals surface area contributed by atoms with E-state index in [-0.39, 0.29) is 29.8 Å². The van der Waals surface area contributed by atoms with E-state index in [1.165, 1.54) is 23.2 Å². The van der Waals surface area contributed by atoms with Crippen LogP contribution in [0.1, 0.15) is 37.2 Å². The first kappa shape index (κ1) is 19.3. The molecule has 0 unspecified atom stereocenters. The summed E-state index contributed by atoms with van der Waals surface area (Å²) in [4.78, 5) is 29.6. The van der Waals surface area contributed by atoms with Crippen LogP contribution >= 0.6 is 0 Å². The van der Waals surface area contributed by atoms with Gasteiger partial charge in [-0.25, -0.2) is 14.4 Å². The summed E-state index contributed by atoms with van der Waals surface area (Å²) in [5.41, 5.74) is 2.33. The Balaban J connectivity index is 1.34. The van der Waals surface area contributed by atoms with Crippen molar-refractivity contribution in [3.05, 3.63) is 70.6 Å². The lowest BCUT2D eigenvalue weighted by atomic mass is 10.1. The quantitative estimate of drug-likeness (QED) is 0.488. The highest BCUT2D eigenvalue weighted by molar-refractivity contribution is 5.68. The number of rotatable bonds is 5. The van der Waals surface area contributed by atoms with E-state index in [4.69, 9.17) is 4.52 Å². The first-order valence-corrected chi connectivity index (χ1v) is 9.91. The van der Waals surface area contributed by atoms with Gasteiger partial charge in [-0.1, -0.05) is 18.2 Å². The van der Waals surface area contributed by atoms with E-state index in [1.807, 2.05) is 6.92 Å². The van der Waals surface area contributed by atoms with Gasteiger partial charge >= 0.3 is 0 Å². The van der Waals surface area contributed by atoms with Crippen LogP contribution in [0.2, 0.25) is 0 Å². The summed E-state index contributed by atoms with van der Waals surface area (Å²) in [5, 5.41) is 4.13. The van der Waals surface area contributed by atoms with Gasteiger partial charge in [0.2, 0.25) is 5.89 Å². The predicted octanol–water partition coefficient (Wildman–Crippen LogP) is 2.55. The van der Waals surface area contributed by atoms with Gasteiger partial charge < -0.3 is 9.09 Å². The predicted molar refractivity (Wildman–Crippen MR) is 109 cm³/mol. The van der Waals surface area contributed by atoms with Gasteiger partial charge in [-0.15, -0.1) is 0 Å². The summed E-state index contributed by atoms with van der Waals surface area (Å²) in [7, 11) is 1.75. The van der Waals surface area contributed by atoms with Gasteiger partial charge in [0, 0.05) is 13.0 Å². The Morgan fingerprint density at radius 1 is 1.26 bits per heavy atom. The summed E-state index contributed by atoms with van der Waals surface area (Å²) in [5.74, 6) is 1.32.